The molecular formula is C13H15N5O2. The maximum Gasteiger partial charge on any atom is 0.249 e. The van der Waals surface area contributed by atoms with Crippen molar-refractivity contribution in [2.45, 2.75) is 13.3 Å². The number of carbonyl (C=O) groups is 1. The summed E-state index contributed by atoms with van der Waals surface area (Å²) in [5.41, 5.74) is 1.59. The van der Waals surface area contributed by atoms with Gasteiger partial charge in [-0.1, -0.05) is 6.07 Å². The Morgan fingerprint density at radius 2 is 2.35 bits per heavy atom. The number of aromatic nitrogens is 4. The van der Waals surface area contributed by atoms with Crippen LogP contribution >= 0.6 is 0 Å². The van der Waals surface area contributed by atoms with Gasteiger partial charge < -0.3 is 4.74 Å². The van der Waals surface area contributed by atoms with E-state index >= 15 is 0 Å². The molecule has 7 heteroatoms. The van der Waals surface area contributed by atoms with Gasteiger partial charge in [0.05, 0.1) is 12.5 Å². The van der Waals surface area contributed by atoms with Gasteiger partial charge >= 0.3 is 0 Å². The van der Waals surface area contributed by atoms with Crippen molar-refractivity contribution < 1.29 is 9.53 Å². The Morgan fingerprint density at radius 3 is 3.10 bits per heavy atom. The predicted octanol–water partition coefficient (Wildman–Crippen LogP) is 1.15. The zero-order chi connectivity index (χ0) is 13.9. The van der Waals surface area contributed by atoms with E-state index in [1.54, 1.807) is 0 Å². The summed E-state index contributed by atoms with van der Waals surface area (Å²) < 4.78 is 5.18. The molecule has 0 radical (unpaired) electrons. The first-order chi connectivity index (χ1) is 9.72. The maximum absolute atomic E-state index is 11.9. The summed E-state index contributed by atoms with van der Waals surface area (Å²) in [4.78, 5) is 20.5. The lowest BCUT2D eigenvalue weighted by molar-refractivity contribution is -0.119. The number of amides is 1. The van der Waals surface area contributed by atoms with Gasteiger partial charge in [-0.05, 0) is 25.5 Å². The van der Waals surface area contributed by atoms with Crippen LogP contribution in [0, 0.1) is 12.8 Å². The molecule has 1 aliphatic rings. The number of pyridine rings is 1. The smallest absolute Gasteiger partial charge is 0.249 e. The Hall–Kier alpha value is -2.28. The van der Waals surface area contributed by atoms with E-state index in [1.165, 1.54) is 0 Å². The van der Waals surface area contributed by atoms with Crippen molar-refractivity contribution >= 4 is 11.9 Å². The first-order valence-corrected chi connectivity index (χ1v) is 6.47. The minimum atomic E-state index is -0.117. The largest absolute Gasteiger partial charge is 0.381 e. The monoisotopic (exact) mass is 273 g/mol. The molecule has 0 aliphatic carbocycles. The molecule has 1 atom stereocenters. The zero-order valence-electron chi connectivity index (χ0n) is 11.1. The first kappa shape index (κ1) is 12.7. The average molecular weight is 273 g/mol. The molecule has 0 bridgehead atoms. The van der Waals surface area contributed by atoms with Gasteiger partial charge in [-0.2, -0.15) is 4.98 Å². The lowest BCUT2D eigenvalue weighted by atomic mass is 10.1. The van der Waals surface area contributed by atoms with E-state index in [-0.39, 0.29) is 17.8 Å². The summed E-state index contributed by atoms with van der Waals surface area (Å²) in [6, 6.07) is 5.64. The standard InChI is InChI=1S/C13H15N5O2/c1-8-3-2-4-10(14-8)11-15-13(18-17-11)16-12(19)9-5-6-20-7-9/h2-4,9H,5-7H2,1H3,(H2,15,16,17,18,19). The van der Waals surface area contributed by atoms with E-state index in [4.69, 9.17) is 4.74 Å². The van der Waals surface area contributed by atoms with Crippen LogP contribution in [0.1, 0.15) is 12.1 Å². The molecule has 1 saturated heterocycles. The van der Waals surface area contributed by atoms with E-state index in [1.807, 2.05) is 25.1 Å². The number of H-pyrrole nitrogens is 1. The third kappa shape index (κ3) is 2.67. The minimum absolute atomic E-state index is 0.106. The Morgan fingerprint density at radius 1 is 1.45 bits per heavy atom. The predicted molar refractivity (Wildman–Crippen MR) is 71.9 cm³/mol. The summed E-state index contributed by atoms with van der Waals surface area (Å²) in [7, 11) is 0. The number of rotatable bonds is 3. The molecule has 2 aromatic heterocycles. The van der Waals surface area contributed by atoms with Crippen LogP contribution in [0.5, 0.6) is 0 Å². The molecule has 7 nitrogen and oxygen atoms in total. The number of nitrogens with zero attached hydrogens (tertiary/aromatic N) is 3. The molecule has 3 heterocycles. The summed E-state index contributed by atoms with van der Waals surface area (Å²) in [6.07, 6.45) is 0.739. The zero-order valence-corrected chi connectivity index (χ0v) is 11.1. The third-order valence-corrected chi connectivity index (χ3v) is 3.15. The molecule has 2 aromatic rings. The van der Waals surface area contributed by atoms with Gasteiger partial charge in [0.25, 0.3) is 0 Å². The van der Waals surface area contributed by atoms with Gasteiger partial charge in [-0.3, -0.25) is 15.2 Å². The minimum Gasteiger partial charge on any atom is -0.381 e. The number of aryl methyl sites for hydroxylation is 1. The molecule has 0 saturated carbocycles. The molecule has 0 aromatic carbocycles. The van der Waals surface area contributed by atoms with Gasteiger partial charge in [0.1, 0.15) is 5.69 Å². The topological polar surface area (TPSA) is 92.8 Å². The molecule has 1 aliphatic heterocycles. The normalized spacial score (nSPS) is 18.1. The van der Waals surface area contributed by atoms with Crippen molar-refractivity contribution in [1.82, 2.24) is 20.2 Å². The van der Waals surface area contributed by atoms with Crippen LogP contribution in [0.4, 0.5) is 5.95 Å². The van der Waals surface area contributed by atoms with Crippen molar-refractivity contribution in [3.63, 3.8) is 0 Å². The molecular weight excluding hydrogens is 258 g/mol. The number of hydrogen-bond acceptors (Lipinski definition) is 5. The summed E-state index contributed by atoms with van der Waals surface area (Å²) in [5.74, 6) is 0.575. The van der Waals surface area contributed by atoms with E-state index in [2.05, 4.69) is 25.5 Å². The number of aromatic amines is 1. The number of carbonyl (C=O) groups excluding carboxylic acids is 1. The number of hydrogen-bond donors (Lipinski definition) is 2. The fraction of sp³-hybridized carbons (Fsp3) is 0.385. The van der Waals surface area contributed by atoms with E-state index in [9.17, 15) is 4.79 Å². The van der Waals surface area contributed by atoms with Gasteiger partial charge in [-0.15, -0.1) is 5.10 Å². The molecule has 3 rings (SSSR count). The first-order valence-electron chi connectivity index (χ1n) is 6.47. The average Bonchev–Trinajstić information content (AvgIpc) is 3.10. The number of nitrogens with one attached hydrogen (secondary N) is 2. The van der Waals surface area contributed by atoms with Crippen LogP contribution in [0.25, 0.3) is 11.5 Å². The number of anilines is 1. The summed E-state index contributed by atoms with van der Waals surface area (Å²) in [6.45, 7) is 3.00. The lowest BCUT2D eigenvalue weighted by Gasteiger charge is -2.05. The Bertz CT molecular complexity index is 619. The molecule has 104 valence electrons. The quantitative estimate of drug-likeness (QED) is 0.875. The molecule has 0 spiro atoms. The van der Waals surface area contributed by atoms with Crippen molar-refractivity contribution in [3.05, 3.63) is 23.9 Å². The highest BCUT2D eigenvalue weighted by Crippen LogP contribution is 2.16. The van der Waals surface area contributed by atoms with Crippen molar-refractivity contribution in [2.24, 2.45) is 5.92 Å². The molecule has 1 fully saturated rings. The van der Waals surface area contributed by atoms with Gasteiger partial charge in [0.15, 0.2) is 5.82 Å². The third-order valence-electron chi connectivity index (χ3n) is 3.15. The maximum atomic E-state index is 11.9. The van der Waals surface area contributed by atoms with Gasteiger partial charge in [0, 0.05) is 12.3 Å². The highest BCUT2D eigenvalue weighted by atomic mass is 16.5. The van der Waals surface area contributed by atoms with Crippen LogP contribution in [0.2, 0.25) is 0 Å². The van der Waals surface area contributed by atoms with Crippen molar-refractivity contribution in [3.8, 4) is 11.5 Å². The van der Waals surface area contributed by atoms with E-state index in [0.717, 1.165) is 12.1 Å². The van der Waals surface area contributed by atoms with Crippen molar-refractivity contribution in [2.75, 3.05) is 18.5 Å². The van der Waals surface area contributed by atoms with Gasteiger partial charge in [0.2, 0.25) is 11.9 Å². The van der Waals surface area contributed by atoms with E-state index < -0.39 is 0 Å². The van der Waals surface area contributed by atoms with Gasteiger partial charge in [-0.25, -0.2) is 4.98 Å². The van der Waals surface area contributed by atoms with Crippen molar-refractivity contribution in [1.29, 1.82) is 0 Å². The number of ether oxygens (including phenoxy) is 1. The molecule has 20 heavy (non-hydrogen) atoms. The molecule has 2 N–H and O–H groups in total. The summed E-state index contributed by atoms with van der Waals surface area (Å²) >= 11 is 0. The van der Waals surface area contributed by atoms with Crippen LogP contribution < -0.4 is 5.32 Å². The van der Waals surface area contributed by atoms with Crippen LogP contribution in [0.15, 0.2) is 18.2 Å². The second kappa shape index (κ2) is 5.38. The highest BCUT2D eigenvalue weighted by molar-refractivity contribution is 5.91. The second-order valence-electron chi connectivity index (χ2n) is 4.72. The summed E-state index contributed by atoms with van der Waals surface area (Å²) in [5, 5.41) is 9.45. The van der Waals surface area contributed by atoms with Crippen LogP contribution in [-0.2, 0) is 9.53 Å². The molecule has 1 amide bonds. The molecule has 1 unspecified atom stereocenters. The highest BCUT2D eigenvalue weighted by Gasteiger charge is 2.24. The SMILES string of the molecule is Cc1cccc(-c2nc(NC(=O)C3CCOC3)n[nH]2)n1. The van der Waals surface area contributed by atoms with Crippen LogP contribution in [0.3, 0.4) is 0 Å². The second-order valence-corrected chi connectivity index (χ2v) is 4.72. The fourth-order valence-corrected chi connectivity index (χ4v) is 2.06. The lowest BCUT2D eigenvalue weighted by Crippen LogP contribution is -2.23. The Labute approximate surface area is 115 Å². The Kier molecular flexibility index (Phi) is 3.42. The fourth-order valence-electron chi connectivity index (χ4n) is 2.06. The van der Waals surface area contributed by atoms with E-state index in [0.29, 0.717) is 24.7 Å². The Balaban J connectivity index is 1.72. The van der Waals surface area contributed by atoms with Crippen LogP contribution in [-0.4, -0.2) is 39.3 Å².